The highest BCUT2D eigenvalue weighted by molar-refractivity contribution is 14.0. The van der Waals surface area contributed by atoms with Gasteiger partial charge in [-0.05, 0) is 132 Å². The van der Waals surface area contributed by atoms with E-state index in [2.05, 4.69) is 99.3 Å². The van der Waals surface area contributed by atoms with E-state index < -0.39 is 0 Å². The molecule has 0 aromatic heterocycles. The van der Waals surface area contributed by atoms with E-state index in [9.17, 15) is 4.79 Å². The summed E-state index contributed by atoms with van der Waals surface area (Å²) in [6.07, 6.45) is 26.7. The van der Waals surface area contributed by atoms with E-state index in [1.165, 1.54) is 46.3 Å². The molecule has 0 unspecified atom stereocenters. The van der Waals surface area contributed by atoms with Gasteiger partial charge >= 0.3 is 5.97 Å². The molecule has 1 aliphatic rings. The van der Waals surface area contributed by atoms with Crippen LogP contribution in [-0.4, -0.2) is 12.6 Å². The third-order valence-electron chi connectivity index (χ3n) is 7.60. The van der Waals surface area contributed by atoms with Crippen LogP contribution in [0.4, 0.5) is 0 Å². The fraction of sp³-hybridized carbons (Fsp3) is 0.658. The van der Waals surface area contributed by atoms with Crippen molar-refractivity contribution in [2.75, 3.05) is 6.61 Å². The monoisotopic (exact) mass is 680 g/mol. The minimum Gasteiger partial charge on any atom is -0.465 e. The van der Waals surface area contributed by atoms with Crippen LogP contribution in [0.2, 0.25) is 0 Å². The number of carbonyl (C=O) groups excluding carboxylic acids is 1. The average Bonchev–Trinajstić information content (AvgIpc) is 2.88. The second-order valence-corrected chi connectivity index (χ2v) is 12.6. The molecule has 41 heavy (non-hydrogen) atoms. The molecule has 0 saturated carbocycles. The Balaban J connectivity index is 0. The number of carbonyl (C=O) groups is 1. The van der Waals surface area contributed by atoms with Crippen LogP contribution in [0, 0.1) is 5.41 Å². The molecular weight excluding hydrogens is 615 g/mol. The molecule has 2 nitrogen and oxygen atoms in total. The van der Waals surface area contributed by atoms with Gasteiger partial charge in [0.05, 0.1) is 12.0 Å². The fourth-order valence-electron chi connectivity index (χ4n) is 4.69. The fourth-order valence-corrected chi connectivity index (χ4v) is 4.69. The minimum atomic E-state index is -0.319. The predicted molar refractivity (Wildman–Crippen MR) is 194 cm³/mol. The zero-order valence-corrected chi connectivity index (χ0v) is 30.8. The maximum atomic E-state index is 12.4. The van der Waals surface area contributed by atoms with E-state index in [1.807, 2.05) is 0 Å². The molecular formula is C38H65IO2. The number of unbranched alkanes of at least 4 members (excludes halogenated alkanes) is 1. The molecule has 236 valence electrons. The van der Waals surface area contributed by atoms with Gasteiger partial charge in [-0.1, -0.05) is 90.7 Å². The van der Waals surface area contributed by atoms with E-state index in [4.69, 9.17) is 4.74 Å². The van der Waals surface area contributed by atoms with Gasteiger partial charge in [0, 0.05) is 0 Å². The highest BCUT2D eigenvalue weighted by Crippen LogP contribution is 2.38. The maximum absolute atomic E-state index is 12.4. The molecule has 1 atom stereocenters. The van der Waals surface area contributed by atoms with Gasteiger partial charge in [-0.15, -0.1) is 24.0 Å². The predicted octanol–water partition coefficient (Wildman–Crippen LogP) is 13.0. The van der Waals surface area contributed by atoms with Crippen molar-refractivity contribution >= 4 is 29.9 Å². The van der Waals surface area contributed by atoms with Gasteiger partial charge in [0.1, 0.15) is 0 Å². The van der Waals surface area contributed by atoms with Crippen LogP contribution < -0.4 is 0 Å². The molecule has 0 fully saturated rings. The van der Waals surface area contributed by atoms with Crippen LogP contribution in [0.15, 0.2) is 70.4 Å². The van der Waals surface area contributed by atoms with Gasteiger partial charge in [0.15, 0.2) is 0 Å². The first-order valence-corrected chi connectivity index (χ1v) is 16.0. The van der Waals surface area contributed by atoms with Gasteiger partial charge in [-0.2, -0.15) is 0 Å². The average molecular weight is 681 g/mol. The van der Waals surface area contributed by atoms with Crippen LogP contribution in [0.5, 0.6) is 0 Å². The highest BCUT2D eigenvalue weighted by Gasteiger charge is 2.36. The van der Waals surface area contributed by atoms with Crippen LogP contribution in [0.1, 0.15) is 152 Å². The molecule has 0 amide bonds. The summed E-state index contributed by atoms with van der Waals surface area (Å²) in [4.78, 5) is 12.4. The Labute approximate surface area is 273 Å². The van der Waals surface area contributed by atoms with Crippen molar-refractivity contribution in [1.29, 1.82) is 0 Å². The zero-order valence-electron chi connectivity index (χ0n) is 28.4. The number of rotatable bonds is 17. The van der Waals surface area contributed by atoms with Crippen LogP contribution in [-0.2, 0) is 9.53 Å². The standard InChI is InChI=1S/C23H38O2.C15H26.HI/c1-6-7-17-25-22(24)23(5)16-10-15-21(18-23)14-9-13-20(4)12-8-11-19(2)3;1-6-14(4)10-8-12-15(5)11-7-9-13(2)3;/h11,13,15H,6-10,12,14,16-18H2,1-5H3;9,12H,4,6-8,10-11H2,1-3,5H3;1H/b20-13+;15-12+;/t23-;;/m0../s1. The van der Waals surface area contributed by atoms with Crippen LogP contribution in [0.3, 0.4) is 0 Å². The van der Waals surface area contributed by atoms with E-state index >= 15 is 0 Å². The summed E-state index contributed by atoms with van der Waals surface area (Å²) in [5.41, 5.74) is 8.26. The summed E-state index contributed by atoms with van der Waals surface area (Å²) in [5.74, 6) is -0.00000437. The first kappa shape index (κ1) is 41.8. The van der Waals surface area contributed by atoms with Crippen molar-refractivity contribution in [3.63, 3.8) is 0 Å². The first-order chi connectivity index (χ1) is 18.9. The minimum absolute atomic E-state index is 0. The lowest BCUT2D eigenvalue weighted by molar-refractivity contribution is -0.155. The molecule has 0 N–H and O–H groups in total. The van der Waals surface area contributed by atoms with Gasteiger partial charge in [-0.25, -0.2) is 0 Å². The third kappa shape index (κ3) is 22.9. The largest absolute Gasteiger partial charge is 0.465 e. The second kappa shape index (κ2) is 25.2. The molecule has 0 aromatic rings. The summed E-state index contributed by atoms with van der Waals surface area (Å²) in [6, 6.07) is 0. The van der Waals surface area contributed by atoms with Crippen molar-refractivity contribution in [1.82, 2.24) is 0 Å². The summed E-state index contributed by atoms with van der Waals surface area (Å²) < 4.78 is 5.50. The number of allylic oxidation sites excluding steroid dienone is 11. The van der Waals surface area contributed by atoms with Gasteiger partial charge < -0.3 is 4.74 Å². The van der Waals surface area contributed by atoms with Crippen molar-refractivity contribution in [2.24, 2.45) is 5.41 Å². The van der Waals surface area contributed by atoms with Crippen molar-refractivity contribution in [2.45, 2.75) is 152 Å². The number of ether oxygens (including phenoxy) is 1. The van der Waals surface area contributed by atoms with Crippen molar-refractivity contribution in [3.8, 4) is 0 Å². The number of halogens is 1. The van der Waals surface area contributed by atoms with Gasteiger partial charge in [-0.3, -0.25) is 4.79 Å². The Hall–Kier alpha value is -1.36. The molecule has 0 aliphatic heterocycles. The molecule has 0 radical (unpaired) electrons. The molecule has 0 spiro atoms. The van der Waals surface area contributed by atoms with E-state index in [1.54, 1.807) is 0 Å². The quantitative estimate of drug-likeness (QED) is 0.0661. The van der Waals surface area contributed by atoms with Gasteiger partial charge in [0.2, 0.25) is 0 Å². The maximum Gasteiger partial charge on any atom is 0.312 e. The smallest absolute Gasteiger partial charge is 0.312 e. The lowest BCUT2D eigenvalue weighted by atomic mass is 9.74. The number of esters is 1. The summed E-state index contributed by atoms with van der Waals surface area (Å²) in [6.45, 7) is 24.0. The van der Waals surface area contributed by atoms with Crippen LogP contribution >= 0.6 is 24.0 Å². The summed E-state index contributed by atoms with van der Waals surface area (Å²) >= 11 is 0. The van der Waals surface area contributed by atoms with E-state index in [0.717, 1.165) is 77.0 Å². The molecule has 0 bridgehead atoms. The number of hydrogen-bond donors (Lipinski definition) is 0. The lowest BCUT2D eigenvalue weighted by Gasteiger charge is -2.31. The van der Waals surface area contributed by atoms with Crippen molar-refractivity contribution in [3.05, 3.63) is 70.4 Å². The topological polar surface area (TPSA) is 26.3 Å². The molecule has 1 rings (SSSR count). The Morgan fingerprint density at radius 1 is 0.878 bits per heavy atom. The van der Waals surface area contributed by atoms with E-state index in [-0.39, 0.29) is 35.4 Å². The normalized spacial score (nSPS) is 16.9. The first-order valence-electron chi connectivity index (χ1n) is 16.0. The highest BCUT2D eigenvalue weighted by atomic mass is 127. The summed E-state index contributed by atoms with van der Waals surface area (Å²) in [7, 11) is 0. The Kier molecular flexibility index (Phi) is 25.6. The number of hydrogen-bond acceptors (Lipinski definition) is 2. The SMILES string of the molecule is C=C(CC)CC/C=C(\C)CCC=C(C)C.CCCCOC(=O)[C@@]1(C)CCC=C(CC/C=C(\C)CCC=C(C)C)C1.I. The lowest BCUT2D eigenvalue weighted by Crippen LogP contribution is -2.32. The Morgan fingerprint density at radius 3 is 1.93 bits per heavy atom. The molecule has 0 heterocycles. The Morgan fingerprint density at radius 2 is 1.41 bits per heavy atom. The van der Waals surface area contributed by atoms with Crippen molar-refractivity contribution < 1.29 is 9.53 Å². The van der Waals surface area contributed by atoms with Crippen LogP contribution in [0.25, 0.3) is 0 Å². The summed E-state index contributed by atoms with van der Waals surface area (Å²) in [5, 5.41) is 0. The molecule has 1 aliphatic carbocycles. The second-order valence-electron chi connectivity index (χ2n) is 12.6. The molecule has 3 heteroatoms. The zero-order chi connectivity index (χ0) is 30.4. The molecule has 0 saturated heterocycles. The Bertz CT molecular complexity index is 891. The third-order valence-corrected chi connectivity index (χ3v) is 7.60. The van der Waals surface area contributed by atoms with Gasteiger partial charge in [0.25, 0.3) is 0 Å². The molecule has 0 aromatic carbocycles. The van der Waals surface area contributed by atoms with E-state index in [0.29, 0.717) is 6.61 Å².